The van der Waals surface area contributed by atoms with Crippen LogP contribution >= 0.6 is 11.6 Å². The first-order valence-electron chi connectivity index (χ1n) is 6.33. The van der Waals surface area contributed by atoms with Crippen molar-refractivity contribution in [3.05, 3.63) is 69.7 Å². The average Bonchev–Trinajstić information content (AvgIpc) is 2.45. The Morgan fingerprint density at radius 1 is 1.20 bits per heavy atom. The van der Waals surface area contributed by atoms with E-state index in [4.69, 9.17) is 16.7 Å². The van der Waals surface area contributed by atoms with Gasteiger partial charge in [0, 0.05) is 17.1 Å². The van der Waals surface area contributed by atoms with E-state index in [1.54, 1.807) is 12.1 Å². The summed E-state index contributed by atoms with van der Waals surface area (Å²) in [5.74, 6) is -0.155. The van der Waals surface area contributed by atoms with Gasteiger partial charge in [-0.1, -0.05) is 35.9 Å². The molecule has 104 valence electrons. The lowest BCUT2D eigenvalue weighted by Gasteiger charge is -2.09. The van der Waals surface area contributed by atoms with E-state index in [2.05, 4.69) is 5.32 Å². The van der Waals surface area contributed by atoms with Crippen LogP contribution in [0.2, 0.25) is 5.02 Å². The Hall–Kier alpha value is -1.84. The molecule has 0 atom stereocenters. The minimum absolute atomic E-state index is 0.0746. The second kappa shape index (κ2) is 6.55. The number of carbonyl (C=O) groups excluding carboxylic acids is 1. The minimum Gasteiger partial charge on any atom is -0.392 e. The van der Waals surface area contributed by atoms with Crippen molar-refractivity contribution < 1.29 is 9.90 Å². The number of amides is 1. The second-order valence-corrected chi connectivity index (χ2v) is 5.06. The van der Waals surface area contributed by atoms with E-state index in [-0.39, 0.29) is 12.5 Å². The fourth-order valence-electron chi connectivity index (χ4n) is 1.94. The summed E-state index contributed by atoms with van der Waals surface area (Å²) in [5, 5.41) is 12.6. The normalized spacial score (nSPS) is 10.3. The van der Waals surface area contributed by atoms with E-state index in [1.807, 2.05) is 37.3 Å². The van der Waals surface area contributed by atoms with Crippen molar-refractivity contribution in [3.8, 4) is 0 Å². The van der Waals surface area contributed by atoms with Gasteiger partial charge in [-0.2, -0.15) is 0 Å². The largest absolute Gasteiger partial charge is 0.392 e. The summed E-state index contributed by atoms with van der Waals surface area (Å²) in [6.07, 6.45) is 0. The minimum atomic E-state index is -0.155. The van der Waals surface area contributed by atoms with Gasteiger partial charge >= 0.3 is 0 Å². The predicted molar refractivity (Wildman–Crippen MR) is 79.7 cm³/mol. The molecule has 2 rings (SSSR count). The summed E-state index contributed by atoms with van der Waals surface area (Å²) in [4.78, 5) is 12.2. The summed E-state index contributed by atoms with van der Waals surface area (Å²) in [6, 6.07) is 12.7. The quantitative estimate of drug-likeness (QED) is 0.909. The Labute approximate surface area is 123 Å². The van der Waals surface area contributed by atoms with Crippen molar-refractivity contribution in [2.24, 2.45) is 0 Å². The number of rotatable bonds is 4. The molecule has 0 radical (unpaired) electrons. The fraction of sp³-hybridized carbons (Fsp3) is 0.188. The zero-order valence-electron chi connectivity index (χ0n) is 11.2. The standard InChI is InChI=1S/C16H16ClNO2/c1-11-5-6-13(10-19)8-15(11)16(20)18-9-12-3-2-4-14(17)7-12/h2-8,19H,9-10H2,1H3,(H,18,20). The number of aryl methyl sites for hydroxylation is 1. The van der Waals surface area contributed by atoms with Gasteiger partial charge in [-0.3, -0.25) is 4.79 Å². The van der Waals surface area contributed by atoms with Crippen molar-refractivity contribution in [1.29, 1.82) is 0 Å². The summed E-state index contributed by atoms with van der Waals surface area (Å²) < 4.78 is 0. The Morgan fingerprint density at radius 2 is 2.00 bits per heavy atom. The monoisotopic (exact) mass is 289 g/mol. The highest BCUT2D eigenvalue weighted by Crippen LogP contribution is 2.13. The van der Waals surface area contributed by atoms with Crippen molar-refractivity contribution in [1.82, 2.24) is 5.32 Å². The number of nitrogens with one attached hydrogen (secondary N) is 1. The van der Waals surface area contributed by atoms with Crippen molar-refractivity contribution >= 4 is 17.5 Å². The lowest BCUT2D eigenvalue weighted by atomic mass is 10.0. The van der Waals surface area contributed by atoms with Gasteiger partial charge in [-0.15, -0.1) is 0 Å². The Morgan fingerprint density at radius 3 is 2.70 bits per heavy atom. The molecule has 0 aromatic heterocycles. The highest BCUT2D eigenvalue weighted by atomic mass is 35.5. The topological polar surface area (TPSA) is 49.3 Å². The molecule has 2 aromatic rings. The number of hydrogen-bond donors (Lipinski definition) is 2. The molecule has 0 fully saturated rings. The molecule has 0 aliphatic heterocycles. The molecule has 0 aliphatic carbocycles. The van der Waals surface area contributed by atoms with E-state index in [1.165, 1.54) is 0 Å². The van der Waals surface area contributed by atoms with Gasteiger partial charge in [0.15, 0.2) is 0 Å². The van der Waals surface area contributed by atoms with E-state index in [9.17, 15) is 4.79 Å². The molecule has 1 amide bonds. The van der Waals surface area contributed by atoms with Gasteiger partial charge < -0.3 is 10.4 Å². The molecule has 0 saturated heterocycles. The maximum Gasteiger partial charge on any atom is 0.251 e. The van der Waals surface area contributed by atoms with Crippen LogP contribution in [0.25, 0.3) is 0 Å². The van der Waals surface area contributed by atoms with E-state index >= 15 is 0 Å². The first-order chi connectivity index (χ1) is 9.60. The molecule has 0 spiro atoms. The highest BCUT2D eigenvalue weighted by molar-refractivity contribution is 6.30. The lowest BCUT2D eigenvalue weighted by Crippen LogP contribution is -2.23. The first kappa shape index (κ1) is 14.6. The van der Waals surface area contributed by atoms with Crippen molar-refractivity contribution in [2.45, 2.75) is 20.1 Å². The number of hydrogen-bond acceptors (Lipinski definition) is 2. The van der Waals surface area contributed by atoms with E-state index in [0.717, 1.165) is 16.7 Å². The number of aliphatic hydroxyl groups excluding tert-OH is 1. The fourth-order valence-corrected chi connectivity index (χ4v) is 2.15. The van der Waals surface area contributed by atoms with Crippen LogP contribution in [0.4, 0.5) is 0 Å². The molecule has 4 heteroatoms. The van der Waals surface area contributed by atoms with Crippen LogP contribution in [0.3, 0.4) is 0 Å². The number of carbonyl (C=O) groups is 1. The molecule has 2 N–H and O–H groups in total. The van der Waals surface area contributed by atoms with E-state index < -0.39 is 0 Å². The highest BCUT2D eigenvalue weighted by Gasteiger charge is 2.09. The van der Waals surface area contributed by atoms with Crippen LogP contribution in [-0.2, 0) is 13.2 Å². The van der Waals surface area contributed by atoms with Crippen LogP contribution in [0, 0.1) is 6.92 Å². The molecule has 0 heterocycles. The lowest BCUT2D eigenvalue weighted by molar-refractivity contribution is 0.0950. The zero-order valence-corrected chi connectivity index (χ0v) is 11.9. The molecule has 0 unspecified atom stereocenters. The molecule has 0 saturated carbocycles. The van der Waals surface area contributed by atoms with Gasteiger partial charge in [0.1, 0.15) is 0 Å². The predicted octanol–water partition coefficient (Wildman–Crippen LogP) is 3.07. The third kappa shape index (κ3) is 3.59. The number of aliphatic hydroxyl groups is 1. The maximum atomic E-state index is 12.2. The second-order valence-electron chi connectivity index (χ2n) is 4.62. The van der Waals surface area contributed by atoms with Crippen molar-refractivity contribution in [3.63, 3.8) is 0 Å². The Bertz CT molecular complexity index is 626. The summed E-state index contributed by atoms with van der Waals surface area (Å²) >= 11 is 5.90. The third-order valence-corrected chi connectivity index (χ3v) is 3.31. The van der Waals surface area contributed by atoms with Crippen LogP contribution in [0.15, 0.2) is 42.5 Å². The van der Waals surface area contributed by atoms with E-state index in [0.29, 0.717) is 17.1 Å². The third-order valence-electron chi connectivity index (χ3n) is 3.07. The van der Waals surface area contributed by atoms with Gasteiger partial charge in [0.05, 0.1) is 6.61 Å². The molecule has 3 nitrogen and oxygen atoms in total. The van der Waals surface area contributed by atoms with Gasteiger partial charge in [0.25, 0.3) is 5.91 Å². The Kier molecular flexibility index (Phi) is 4.77. The molecular weight excluding hydrogens is 274 g/mol. The molecular formula is C16H16ClNO2. The molecule has 20 heavy (non-hydrogen) atoms. The maximum absolute atomic E-state index is 12.2. The summed E-state index contributed by atoms with van der Waals surface area (Å²) in [7, 11) is 0. The van der Waals surface area contributed by atoms with Gasteiger partial charge in [-0.05, 0) is 41.8 Å². The molecule has 2 aromatic carbocycles. The van der Waals surface area contributed by atoms with Crippen LogP contribution in [0.5, 0.6) is 0 Å². The Balaban J connectivity index is 2.08. The molecule has 0 aliphatic rings. The first-order valence-corrected chi connectivity index (χ1v) is 6.71. The van der Waals surface area contributed by atoms with Crippen molar-refractivity contribution in [2.75, 3.05) is 0 Å². The van der Waals surface area contributed by atoms with Crippen LogP contribution in [-0.4, -0.2) is 11.0 Å². The number of halogens is 1. The summed E-state index contributed by atoms with van der Waals surface area (Å²) in [6.45, 7) is 2.21. The smallest absolute Gasteiger partial charge is 0.251 e. The molecule has 0 bridgehead atoms. The SMILES string of the molecule is Cc1ccc(CO)cc1C(=O)NCc1cccc(Cl)c1. The van der Waals surface area contributed by atoms with Gasteiger partial charge in [0.2, 0.25) is 0 Å². The zero-order chi connectivity index (χ0) is 14.5. The van der Waals surface area contributed by atoms with Crippen LogP contribution in [0.1, 0.15) is 27.0 Å². The average molecular weight is 290 g/mol. The number of benzene rings is 2. The van der Waals surface area contributed by atoms with Gasteiger partial charge in [-0.25, -0.2) is 0 Å². The summed E-state index contributed by atoms with van der Waals surface area (Å²) in [5.41, 5.74) is 3.13. The van der Waals surface area contributed by atoms with Crippen LogP contribution < -0.4 is 5.32 Å².